The Morgan fingerprint density at radius 3 is 0.719 bits per heavy atom. The Balaban J connectivity index is 0.000000127. The Labute approximate surface area is 730 Å². The summed E-state index contributed by atoms with van der Waals surface area (Å²) in [5.74, 6) is 1.27. The minimum Gasteiger partial charge on any atom is -0.309 e. The number of aromatic nitrogens is 8. The van der Waals surface area contributed by atoms with E-state index in [-0.39, 0.29) is 0 Å². The first-order valence-corrected chi connectivity index (χ1v) is 44.0. The second-order valence-corrected chi connectivity index (χ2v) is 34.7. The highest BCUT2D eigenvalue weighted by Gasteiger charge is 2.28. The average Bonchev–Trinajstić information content (AvgIpc) is 1.54. The smallest absolute Gasteiger partial charge is 0.235 e. The molecule has 0 N–H and O–H groups in total. The SMILES string of the molecule is c1ccc(-n2c3ccccc3c3c2ccc2c4ccccc4n(-c4nc(-c5cc6ccc7cccc8ccc(c5)c6c78)cc(-c5cc6ccc7cccc8ccc(c5)c6c78)n4)c23)cc1.c1ccc(-n2c3ccccc3c3ccc4c(c5ccccc5n4-c4nc(-c5cc6ccc7cccc8ccc(c5)c6c78)cc(-c5cc6ccc7cccc8ccc(c5)c6c78)n4)c32)cc1. The molecule has 0 saturated carbocycles. The first-order chi connectivity index (χ1) is 63.4. The van der Waals surface area contributed by atoms with Crippen molar-refractivity contribution in [1.29, 1.82) is 0 Å². The maximum Gasteiger partial charge on any atom is 0.235 e. The molecule has 0 aliphatic heterocycles. The quantitative estimate of drug-likeness (QED) is 0.142. The van der Waals surface area contributed by atoms with Gasteiger partial charge in [-0.2, -0.15) is 0 Å². The van der Waals surface area contributed by atoms with E-state index in [9.17, 15) is 0 Å². The summed E-state index contributed by atoms with van der Waals surface area (Å²) >= 11 is 0. The zero-order valence-corrected chi connectivity index (χ0v) is 68.8. The van der Waals surface area contributed by atoms with Crippen LogP contribution in [0.4, 0.5) is 0 Å². The van der Waals surface area contributed by atoms with Crippen LogP contribution >= 0.6 is 0 Å². The lowest BCUT2D eigenvalue weighted by atomic mass is 9.91. The molecule has 24 aromatic carbocycles. The highest BCUT2D eigenvalue weighted by molar-refractivity contribution is 6.31. The van der Waals surface area contributed by atoms with E-state index in [0.717, 1.165) is 100 Å². The molecular formula is C120H68N8. The van der Waals surface area contributed by atoms with E-state index >= 15 is 0 Å². The lowest BCUT2D eigenvalue weighted by Gasteiger charge is -2.16. The zero-order valence-electron chi connectivity index (χ0n) is 68.8. The second-order valence-electron chi connectivity index (χ2n) is 34.7. The van der Waals surface area contributed by atoms with Crippen LogP contribution in [-0.4, -0.2) is 38.2 Å². The summed E-state index contributed by atoms with van der Waals surface area (Å²) in [6.45, 7) is 0. The first-order valence-electron chi connectivity index (χ1n) is 44.0. The Morgan fingerprint density at radius 1 is 0.141 bits per heavy atom. The number of benzene rings is 24. The molecule has 30 rings (SSSR count). The molecule has 128 heavy (non-hydrogen) atoms. The van der Waals surface area contributed by atoms with Gasteiger partial charge >= 0.3 is 0 Å². The second kappa shape index (κ2) is 26.2. The average molecular weight is 1620 g/mol. The van der Waals surface area contributed by atoms with Crippen molar-refractivity contribution >= 4 is 216 Å². The van der Waals surface area contributed by atoms with E-state index in [0.29, 0.717) is 11.9 Å². The molecule has 8 heteroatoms. The van der Waals surface area contributed by atoms with Gasteiger partial charge in [0.2, 0.25) is 11.9 Å². The largest absolute Gasteiger partial charge is 0.309 e. The minimum absolute atomic E-state index is 0.635. The highest BCUT2D eigenvalue weighted by atomic mass is 15.2. The number of hydrogen-bond acceptors (Lipinski definition) is 4. The molecule has 0 saturated heterocycles. The van der Waals surface area contributed by atoms with Crippen LogP contribution in [0.25, 0.3) is 285 Å². The van der Waals surface area contributed by atoms with Crippen LogP contribution < -0.4 is 0 Å². The Kier molecular flexibility index (Phi) is 14.2. The molecule has 0 radical (unpaired) electrons. The maximum absolute atomic E-state index is 5.65. The van der Waals surface area contributed by atoms with Gasteiger partial charge < -0.3 is 9.13 Å². The first kappa shape index (κ1) is 69.3. The van der Waals surface area contributed by atoms with E-state index in [4.69, 9.17) is 19.9 Å². The van der Waals surface area contributed by atoms with Crippen molar-refractivity contribution < 1.29 is 0 Å². The fraction of sp³-hybridized carbons (Fsp3) is 0. The number of rotatable bonds is 8. The van der Waals surface area contributed by atoms with Crippen LogP contribution in [0, 0.1) is 0 Å². The molecule has 6 heterocycles. The van der Waals surface area contributed by atoms with Crippen molar-refractivity contribution in [1.82, 2.24) is 38.2 Å². The zero-order chi connectivity index (χ0) is 83.2. The minimum atomic E-state index is 0.635. The van der Waals surface area contributed by atoms with Crippen LogP contribution in [0.5, 0.6) is 0 Å². The molecule has 0 atom stereocenters. The Morgan fingerprint density at radius 2 is 0.383 bits per heavy atom. The van der Waals surface area contributed by atoms with Crippen molar-refractivity contribution in [2.24, 2.45) is 0 Å². The van der Waals surface area contributed by atoms with E-state index in [2.05, 4.69) is 431 Å². The van der Waals surface area contributed by atoms with Gasteiger partial charge in [-0.25, -0.2) is 19.9 Å². The summed E-state index contributed by atoms with van der Waals surface area (Å²) in [6, 6.07) is 151. The predicted molar refractivity (Wildman–Crippen MR) is 538 cm³/mol. The molecule has 0 spiro atoms. The summed E-state index contributed by atoms with van der Waals surface area (Å²) in [5.41, 5.74) is 18.9. The Hall–Kier alpha value is -17.2. The fourth-order valence-electron chi connectivity index (χ4n) is 22.4. The maximum atomic E-state index is 5.65. The molecule has 0 bridgehead atoms. The van der Waals surface area contributed by atoms with Gasteiger partial charge in [-0.1, -0.05) is 291 Å². The van der Waals surface area contributed by atoms with Gasteiger partial charge in [0.15, 0.2) is 0 Å². The van der Waals surface area contributed by atoms with Crippen molar-refractivity contribution in [2.45, 2.75) is 0 Å². The van der Waals surface area contributed by atoms with Gasteiger partial charge in [0.05, 0.1) is 66.9 Å². The third-order valence-corrected chi connectivity index (χ3v) is 27.8. The van der Waals surface area contributed by atoms with Gasteiger partial charge in [-0.15, -0.1) is 0 Å². The number of hydrogen-bond donors (Lipinski definition) is 0. The Bertz CT molecular complexity index is 9400. The highest BCUT2D eigenvalue weighted by Crippen LogP contribution is 2.49. The predicted octanol–water partition coefficient (Wildman–Crippen LogP) is 31.6. The van der Waals surface area contributed by atoms with Gasteiger partial charge in [0.25, 0.3) is 0 Å². The lowest BCUT2D eigenvalue weighted by Crippen LogP contribution is -2.04. The van der Waals surface area contributed by atoms with E-state index < -0.39 is 0 Å². The van der Waals surface area contributed by atoms with Gasteiger partial charge in [0.1, 0.15) is 0 Å². The van der Waals surface area contributed by atoms with Crippen molar-refractivity contribution in [3.05, 3.63) is 413 Å². The van der Waals surface area contributed by atoms with Crippen LogP contribution in [0.2, 0.25) is 0 Å². The van der Waals surface area contributed by atoms with Crippen molar-refractivity contribution in [3.63, 3.8) is 0 Å². The summed E-state index contributed by atoms with van der Waals surface area (Å²) in [7, 11) is 0. The molecule has 0 fully saturated rings. The van der Waals surface area contributed by atoms with Gasteiger partial charge in [0, 0.05) is 76.7 Å². The van der Waals surface area contributed by atoms with Crippen LogP contribution in [-0.2, 0) is 0 Å². The van der Waals surface area contributed by atoms with Crippen molar-refractivity contribution in [2.75, 3.05) is 0 Å². The standard InChI is InChI=1S/2C60H34N4/c1-2-14-45(15-3-1)63-52-19-7-5-17-48(52)58-53(63)29-28-47-46-16-4-6-18-51(46)64(59(47)58)60-61-49(43-30-39-24-20-35-10-8-11-36-21-25-40(31-43)56(39)54(35)36)34-50(62-60)44-32-41-26-22-37-12-9-13-38-23-27-42(33-44)57(41)55(37)38;1-2-14-45(15-3-1)63-51-18-6-4-16-46(51)47-28-29-53-58(59(47)63)48-17-5-7-19-52(48)64(53)60-61-49(43-30-39-24-20-35-10-8-11-36-21-25-40(31-43)56(39)54(35)36)34-50(62-60)44-32-41-26-22-37-12-9-13-38-23-27-42(33-44)57(41)55(37)38/h2*1-34H. The molecule has 0 aliphatic rings. The summed E-state index contributed by atoms with van der Waals surface area (Å²) in [4.78, 5) is 22.5. The molecule has 0 unspecified atom stereocenters. The monoisotopic (exact) mass is 1620 g/mol. The lowest BCUT2D eigenvalue weighted by molar-refractivity contribution is 0.996. The topological polar surface area (TPSA) is 71.3 Å². The summed E-state index contributed by atoms with van der Waals surface area (Å²) < 4.78 is 9.44. The molecule has 0 aliphatic carbocycles. The van der Waals surface area contributed by atoms with Crippen molar-refractivity contribution in [3.8, 4) is 68.3 Å². The molecule has 6 aromatic heterocycles. The number of para-hydroxylation sites is 6. The van der Waals surface area contributed by atoms with Gasteiger partial charge in [-0.05, 0) is 251 Å². The van der Waals surface area contributed by atoms with Crippen LogP contribution in [0.1, 0.15) is 0 Å². The molecule has 588 valence electrons. The third kappa shape index (κ3) is 9.93. The van der Waals surface area contributed by atoms with E-state index in [1.807, 2.05) is 0 Å². The molecule has 30 aromatic rings. The fourth-order valence-corrected chi connectivity index (χ4v) is 22.4. The van der Waals surface area contributed by atoms with Gasteiger partial charge in [-0.3, -0.25) is 9.13 Å². The normalized spacial score (nSPS) is 12.4. The number of nitrogens with zero attached hydrogens (tertiary/aromatic N) is 8. The summed E-state index contributed by atoms with van der Waals surface area (Å²) in [6.07, 6.45) is 0. The number of fused-ring (bicyclic) bond motifs is 14. The van der Waals surface area contributed by atoms with E-state index in [1.165, 1.54) is 173 Å². The van der Waals surface area contributed by atoms with E-state index in [1.54, 1.807) is 0 Å². The third-order valence-electron chi connectivity index (χ3n) is 27.8. The molecule has 0 amide bonds. The molecular weight excluding hydrogens is 1550 g/mol. The van der Waals surface area contributed by atoms with Crippen LogP contribution in [0.3, 0.4) is 0 Å². The molecule has 8 nitrogen and oxygen atoms in total. The van der Waals surface area contributed by atoms with Crippen LogP contribution in [0.15, 0.2) is 413 Å². The summed E-state index contributed by atoms with van der Waals surface area (Å²) in [5, 5.41) is 39.6.